The van der Waals surface area contributed by atoms with Gasteiger partial charge in [0.1, 0.15) is 12.6 Å². The van der Waals surface area contributed by atoms with Crippen molar-refractivity contribution in [3.8, 4) is 0 Å². The summed E-state index contributed by atoms with van der Waals surface area (Å²) >= 11 is 3.45. The molecule has 0 radical (unpaired) electrons. The van der Waals surface area contributed by atoms with Gasteiger partial charge in [-0.15, -0.1) is 0 Å². The molecule has 0 amide bonds. The van der Waals surface area contributed by atoms with E-state index >= 15 is 0 Å². The molecule has 0 aliphatic carbocycles. The van der Waals surface area contributed by atoms with Gasteiger partial charge in [-0.25, -0.2) is 0 Å². The highest BCUT2D eigenvalue weighted by molar-refractivity contribution is 9.10. The molecule has 1 fully saturated rings. The van der Waals surface area contributed by atoms with E-state index in [4.69, 9.17) is 4.74 Å². The standard InChI is InChI=1S/C14H19BrN2O2/c1-11(17-8-6-16-7-9-17)14(18)19-10-12-4-2-3-5-13(12)15/h2-5,11,16H,6-10H2,1H3. The SMILES string of the molecule is CC(C(=O)OCc1ccccc1Br)N1CCNCC1. The Balaban J connectivity index is 1.85. The number of hydrogen-bond donors (Lipinski definition) is 1. The molecule has 1 aliphatic heterocycles. The van der Waals surface area contributed by atoms with E-state index in [0.29, 0.717) is 6.61 Å². The molecule has 1 atom stereocenters. The average molecular weight is 327 g/mol. The Bertz CT molecular complexity index is 433. The lowest BCUT2D eigenvalue weighted by Crippen LogP contribution is -2.50. The number of rotatable bonds is 4. The normalized spacial score (nSPS) is 18.0. The Kier molecular flexibility index (Phi) is 5.36. The van der Waals surface area contributed by atoms with Crippen LogP contribution in [0.1, 0.15) is 12.5 Å². The fourth-order valence-electron chi connectivity index (χ4n) is 2.10. The van der Waals surface area contributed by atoms with Crippen molar-refractivity contribution in [1.82, 2.24) is 10.2 Å². The van der Waals surface area contributed by atoms with Gasteiger partial charge in [-0.2, -0.15) is 0 Å². The molecule has 1 heterocycles. The van der Waals surface area contributed by atoms with Crippen LogP contribution in [0.25, 0.3) is 0 Å². The number of halogens is 1. The van der Waals surface area contributed by atoms with Gasteiger partial charge in [0.15, 0.2) is 0 Å². The number of nitrogens with one attached hydrogen (secondary N) is 1. The van der Waals surface area contributed by atoms with E-state index in [9.17, 15) is 4.79 Å². The molecule has 1 unspecified atom stereocenters. The monoisotopic (exact) mass is 326 g/mol. The second-order valence-corrected chi connectivity index (χ2v) is 5.52. The van der Waals surface area contributed by atoms with Crippen LogP contribution < -0.4 is 5.32 Å². The molecule has 0 bridgehead atoms. The molecule has 1 aromatic rings. The van der Waals surface area contributed by atoms with Gasteiger partial charge >= 0.3 is 5.97 Å². The first kappa shape index (κ1) is 14.5. The Labute approximate surface area is 122 Å². The second-order valence-electron chi connectivity index (χ2n) is 4.66. The summed E-state index contributed by atoms with van der Waals surface area (Å²) < 4.78 is 6.36. The zero-order chi connectivity index (χ0) is 13.7. The van der Waals surface area contributed by atoms with Crippen molar-refractivity contribution in [2.45, 2.75) is 19.6 Å². The van der Waals surface area contributed by atoms with Gasteiger partial charge in [-0.05, 0) is 13.0 Å². The van der Waals surface area contributed by atoms with Crippen molar-refractivity contribution < 1.29 is 9.53 Å². The third kappa shape index (κ3) is 4.03. The van der Waals surface area contributed by atoms with Crippen LogP contribution in [0.4, 0.5) is 0 Å². The number of hydrogen-bond acceptors (Lipinski definition) is 4. The van der Waals surface area contributed by atoms with Gasteiger partial charge in [0.2, 0.25) is 0 Å². The zero-order valence-electron chi connectivity index (χ0n) is 11.1. The van der Waals surface area contributed by atoms with E-state index in [2.05, 4.69) is 26.1 Å². The van der Waals surface area contributed by atoms with Gasteiger partial charge < -0.3 is 10.1 Å². The summed E-state index contributed by atoms with van der Waals surface area (Å²) in [7, 11) is 0. The number of carbonyl (C=O) groups is 1. The zero-order valence-corrected chi connectivity index (χ0v) is 12.6. The van der Waals surface area contributed by atoms with Crippen LogP contribution in [-0.4, -0.2) is 43.1 Å². The van der Waals surface area contributed by atoms with Crippen LogP contribution in [-0.2, 0) is 16.1 Å². The maximum Gasteiger partial charge on any atom is 0.323 e. The first-order chi connectivity index (χ1) is 9.18. The summed E-state index contributed by atoms with van der Waals surface area (Å²) in [6.07, 6.45) is 0. The van der Waals surface area contributed by atoms with E-state index in [-0.39, 0.29) is 12.0 Å². The van der Waals surface area contributed by atoms with Crippen molar-refractivity contribution in [2.24, 2.45) is 0 Å². The fourth-order valence-corrected chi connectivity index (χ4v) is 2.50. The smallest absolute Gasteiger partial charge is 0.323 e. The Morgan fingerprint density at radius 2 is 2.11 bits per heavy atom. The summed E-state index contributed by atoms with van der Waals surface area (Å²) in [4.78, 5) is 14.2. The molecule has 1 N–H and O–H groups in total. The molecular weight excluding hydrogens is 308 g/mol. The number of benzene rings is 1. The lowest BCUT2D eigenvalue weighted by Gasteiger charge is -2.31. The summed E-state index contributed by atoms with van der Waals surface area (Å²) in [6, 6.07) is 7.60. The fraction of sp³-hybridized carbons (Fsp3) is 0.500. The Morgan fingerprint density at radius 1 is 1.42 bits per heavy atom. The van der Waals surface area contributed by atoms with Crippen LogP contribution in [0.3, 0.4) is 0 Å². The predicted molar refractivity (Wildman–Crippen MR) is 77.8 cm³/mol. The molecule has 0 spiro atoms. The van der Waals surface area contributed by atoms with E-state index < -0.39 is 0 Å². The topological polar surface area (TPSA) is 41.6 Å². The van der Waals surface area contributed by atoms with Crippen molar-refractivity contribution in [3.63, 3.8) is 0 Å². The average Bonchev–Trinajstić information content (AvgIpc) is 2.46. The Morgan fingerprint density at radius 3 is 2.79 bits per heavy atom. The molecular formula is C14H19BrN2O2. The molecule has 4 nitrogen and oxygen atoms in total. The highest BCUT2D eigenvalue weighted by Gasteiger charge is 2.23. The third-order valence-electron chi connectivity index (χ3n) is 3.37. The summed E-state index contributed by atoms with van der Waals surface area (Å²) in [6.45, 7) is 5.88. The number of carbonyl (C=O) groups excluding carboxylic acids is 1. The highest BCUT2D eigenvalue weighted by atomic mass is 79.9. The largest absolute Gasteiger partial charge is 0.460 e. The van der Waals surface area contributed by atoms with Crippen LogP contribution in [0.2, 0.25) is 0 Å². The summed E-state index contributed by atoms with van der Waals surface area (Å²) in [5.74, 6) is -0.155. The van der Waals surface area contributed by atoms with E-state index in [1.165, 1.54) is 0 Å². The molecule has 0 saturated carbocycles. The van der Waals surface area contributed by atoms with Crippen molar-refractivity contribution in [1.29, 1.82) is 0 Å². The van der Waals surface area contributed by atoms with Gasteiger partial charge in [0.25, 0.3) is 0 Å². The maximum absolute atomic E-state index is 12.0. The van der Waals surface area contributed by atoms with Gasteiger partial charge in [-0.1, -0.05) is 34.1 Å². The lowest BCUT2D eigenvalue weighted by molar-refractivity contribution is -0.151. The minimum atomic E-state index is -0.176. The predicted octanol–water partition coefficient (Wildman–Crippen LogP) is 1.79. The number of esters is 1. The van der Waals surface area contributed by atoms with E-state index in [1.807, 2.05) is 31.2 Å². The maximum atomic E-state index is 12.0. The minimum Gasteiger partial charge on any atom is -0.460 e. The van der Waals surface area contributed by atoms with Gasteiger partial charge in [0, 0.05) is 36.2 Å². The molecule has 104 valence electrons. The highest BCUT2D eigenvalue weighted by Crippen LogP contribution is 2.17. The van der Waals surface area contributed by atoms with Crippen LogP contribution in [0.5, 0.6) is 0 Å². The Hall–Kier alpha value is -0.910. The lowest BCUT2D eigenvalue weighted by atomic mass is 10.2. The minimum absolute atomic E-state index is 0.155. The molecule has 2 rings (SSSR count). The van der Waals surface area contributed by atoms with Crippen molar-refractivity contribution in [2.75, 3.05) is 26.2 Å². The second kappa shape index (κ2) is 7.03. The molecule has 5 heteroatoms. The number of piperazine rings is 1. The van der Waals surface area contributed by atoms with Crippen LogP contribution in [0.15, 0.2) is 28.7 Å². The van der Waals surface area contributed by atoms with Crippen LogP contribution in [0, 0.1) is 0 Å². The molecule has 1 aromatic carbocycles. The molecule has 19 heavy (non-hydrogen) atoms. The van der Waals surface area contributed by atoms with E-state index in [0.717, 1.165) is 36.2 Å². The first-order valence-corrected chi connectivity index (χ1v) is 7.32. The molecule has 1 aliphatic rings. The van der Waals surface area contributed by atoms with Crippen molar-refractivity contribution >= 4 is 21.9 Å². The summed E-state index contributed by atoms with van der Waals surface area (Å²) in [5.41, 5.74) is 0.989. The summed E-state index contributed by atoms with van der Waals surface area (Å²) in [5, 5.41) is 3.27. The first-order valence-electron chi connectivity index (χ1n) is 6.53. The van der Waals surface area contributed by atoms with Gasteiger partial charge in [-0.3, -0.25) is 9.69 Å². The number of nitrogens with zero attached hydrogens (tertiary/aromatic N) is 1. The van der Waals surface area contributed by atoms with Gasteiger partial charge in [0.05, 0.1) is 0 Å². The molecule has 0 aromatic heterocycles. The van der Waals surface area contributed by atoms with E-state index in [1.54, 1.807) is 0 Å². The van der Waals surface area contributed by atoms with Crippen LogP contribution >= 0.6 is 15.9 Å². The quantitative estimate of drug-likeness (QED) is 0.856. The third-order valence-corrected chi connectivity index (χ3v) is 4.14. The van der Waals surface area contributed by atoms with Crippen molar-refractivity contribution in [3.05, 3.63) is 34.3 Å². The number of ether oxygens (including phenoxy) is 1. The molecule has 1 saturated heterocycles.